The number of hydrogen-bond acceptors (Lipinski definition) is 2. The van der Waals surface area contributed by atoms with Crippen molar-refractivity contribution >= 4 is 38.7 Å². The number of hydrogen-bond donors (Lipinski definition) is 0. The molecule has 5 heteroatoms. The molecule has 102 valence electrons. The first-order valence-electron chi connectivity index (χ1n) is 6.58. The van der Waals surface area contributed by atoms with Crippen molar-refractivity contribution in [2.24, 2.45) is 11.3 Å². The van der Waals surface area contributed by atoms with Crippen LogP contribution in [-0.2, 0) is 13.0 Å². The molecule has 0 spiro atoms. The van der Waals surface area contributed by atoms with Crippen molar-refractivity contribution in [1.29, 1.82) is 0 Å². The number of rotatable bonds is 4. The van der Waals surface area contributed by atoms with Gasteiger partial charge in [0.15, 0.2) is 5.65 Å². The molecule has 2 aromatic heterocycles. The number of fused-ring (bicyclic) bond motifs is 1. The predicted molar refractivity (Wildman–Crippen MR) is 81.5 cm³/mol. The number of halogens is 2. The van der Waals surface area contributed by atoms with Crippen molar-refractivity contribution in [1.82, 2.24) is 14.5 Å². The minimum atomic E-state index is 0.462. The van der Waals surface area contributed by atoms with Crippen LogP contribution >= 0.6 is 27.5 Å². The molecular weight excluding hydrogens is 326 g/mol. The van der Waals surface area contributed by atoms with Crippen LogP contribution in [-0.4, -0.2) is 20.4 Å². The zero-order valence-electron chi connectivity index (χ0n) is 11.2. The molecule has 0 aromatic carbocycles. The summed E-state index contributed by atoms with van der Waals surface area (Å²) < 4.78 is 3.22. The van der Waals surface area contributed by atoms with Gasteiger partial charge in [-0.25, -0.2) is 9.97 Å². The second-order valence-electron chi connectivity index (χ2n) is 5.96. The molecule has 0 saturated heterocycles. The first-order valence-corrected chi connectivity index (χ1v) is 7.90. The van der Waals surface area contributed by atoms with Crippen LogP contribution in [0, 0.1) is 11.3 Å². The van der Waals surface area contributed by atoms with Crippen molar-refractivity contribution in [2.75, 3.05) is 5.88 Å². The summed E-state index contributed by atoms with van der Waals surface area (Å²) in [6, 6.07) is 2.02. The predicted octanol–water partition coefficient (Wildman–Crippen LogP) is 4.02. The molecular formula is C14H17BrClN3. The fourth-order valence-electron chi connectivity index (χ4n) is 2.61. The smallest absolute Gasteiger partial charge is 0.160 e. The summed E-state index contributed by atoms with van der Waals surface area (Å²) in [6.07, 6.45) is 3.91. The van der Waals surface area contributed by atoms with Gasteiger partial charge in [0.1, 0.15) is 11.3 Å². The monoisotopic (exact) mass is 341 g/mol. The van der Waals surface area contributed by atoms with E-state index in [1.165, 1.54) is 6.42 Å². The molecule has 1 aliphatic carbocycles. The maximum atomic E-state index is 5.89. The Balaban J connectivity index is 2.01. The van der Waals surface area contributed by atoms with E-state index >= 15 is 0 Å². The molecule has 0 N–H and O–H groups in total. The fourth-order valence-corrected chi connectivity index (χ4v) is 3.10. The number of aryl methyl sites for hydroxylation is 1. The van der Waals surface area contributed by atoms with Gasteiger partial charge in [0.2, 0.25) is 0 Å². The maximum Gasteiger partial charge on any atom is 0.160 e. The minimum absolute atomic E-state index is 0.462. The highest BCUT2D eigenvalue weighted by atomic mass is 79.9. The summed E-state index contributed by atoms with van der Waals surface area (Å²) in [5.41, 5.74) is 2.39. The summed E-state index contributed by atoms with van der Waals surface area (Å²) in [7, 11) is 0. The number of nitrogens with zero attached hydrogens (tertiary/aromatic N) is 3. The SMILES string of the molecule is CC1(C)CC1Cn1c(CCCl)nc2cc(Br)cnc21. The number of imidazole rings is 1. The molecule has 19 heavy (non-hydrogen) atoms. The lowest BCUT2D eigenvalue weighted by Gasteiger charge is -2.09. The lowest BCUT2D eigenvalue weighted by molar-refractivity contribution is 0.495. The molecule has 2 aromatic rings. The number of aromatic nitrogens is 3. The second-order valence-corrected chi connectivity index (χ2v) is 7.26. The Bertz CT molecular complexity index is 620. The van der Waals surface area contributed by atoms with E-state index in [9.17, 15) is 0 Å². The van der Waals surface area contributed by atoms with Gasteiger partial charge in [0.25, 0.3) is 0 Å². The lowest BCUT2D eigenvalue weighted by atomic mass is 10.1. The zero-order chi connectivity index (χ0) is 13.6. The molecule has 1 atom stereocenters. The molecule has 2 heterocycles. The topological polar surface area (TPSA) is 30.7 Å². The lowest BCUT2D eigenvalue weighted by Crippen LogP contribution is -2.09. The Hall–Kier alpha value is -0.610. The third-order valence-corrected chi connectivity index (χ3v) is 4.69. The summed E-state index contributed by atoms with van der Waals surface area (Å²) >= 11 is 9.34. The van der Waals surface area contributed by atoms with E-state index in [1.54, 1.807) is 0 Å². The third kappa shape index (κ3) is 2.52. The average Bonchev–Trinajstić information content (AvgIpc) is 2.79. The fraction of sp³-hybridized carbons (Fsp3) is 0.571. The van der Waals surface area contributed by atoms with Gasteiger partial charge >= 0.3 is 0 Å². The van der Waals surface area contributed by atoms with Crippen LogP contribution in [0.15, 0.2) is 16.7 Å². The van der Waals surface area contributed by atoms with Crippen LogP contribution in [0.4, 0.5) is 0 Å². The van der Waals surface area contributed by atoms with E-state index < -0.39 is 0 Å². The van der Waals surface area contributed by atoms with Crippen molar-refractivity contribution < 1.29 is 0 Å². The summed E-state index contributed by atoms with van der Waals surface area (Å²) in [6.45, 7) is 5.65. The Morgan fingerprint density at radius 3 is 2.89 bits per heavy atom. The molecule has 1 aliphatic rings. The van der Waals surface area contributed by atoms with Crippen LogP contribution in [0.2, 0.25) is 0 Å². The van der Waals surface area contributed by atoms with E-state index in [4.69, 9.17) is 11.6 Å². The Kier molecular flexibility index (Phi) is 3.34. The van der Waals surface area contributed by atoms with E-state index in [2.05, 4.69) is 44.3 Å². The largest absolute Gasteiger partial charge is 0.312 e. The van der Waals surface area contributed by atoms with Gasteiger partial charge in [0, 0.05) is 29.5 Å². The molecule has 0 aliphatic heterocycles. The normalized spacial score (nSPS) is 20.9. The average molecular weight is 343 g/mol. The Morgan fingerprint density at radius 1 is 1.53 bits per heavy atom. The standard InChI is InChI=1S/C14H17BrClN3/c1-14(2)6-9(14)8-19-12(3-4-16)18-11-5-10(15)7-17-13(11)19/h5,7,9H,3-4,6,8H2,1-2H3. The first kappa shape index (κ1) is 13.4. The van der Waals surface area contributed by atoms with E-state index in [0.29, 0.717) is 11.3 Å². The van der Waals surface area contributed by atoms with Crippen LogP contribution in [0.3, 0.4) is 0 Å². The number of alkyl halides is 1. The Labute approximate surface area is 126 Å². The summed E-state index contributed by atoms with van der Waals surface area (Å²) in [5, 5.41) is 0. The molecule has 1 saturated carbocycles. The number of pyridine rings is 1. The first-order chi connectivity index (χ1) is 9.01. The zero-order valence-corrected chi connectivity index (χ0v) is 13.5. The van der Waals surface area contributed by atoms with Gasteiger partial charge in [-0.2, -0.15) is 0 Å². The van der Waals surface area contributed by atoms with Gasteiger partial charge in [-0.1, -0.05) is 13.8 Å². The minimum Gasteiger partial charge on any atom is -0.312 e. The highest BCUT2D eigenvalue weighted by molar-refractivity contribution is 9.10. The van der Waals surface area contributed by atoms with Gasteiger partial charge in [0.05, 0.1) is 0 Å². The van der Waals surface area contributed by atoms with Crippen LogP contribution in [0.1, 0.15) is 26.1 Å². The highest BCUT2D eigenvalue weighted by Crippen LogP contribution is 2.52. The van der Waals surface area contributed by atoms with Crippen LogP contribution in [0.5, 0.6) is 0 Å². The van der Waals surface area contributed by atoms with Gasteiger partial charge < -0.3 is 4.57 Å². The molecule has 3 nitrogen and oxygen atoms in total. The summed E-state index contributed by atoms with van der Waals surface area (Å²) in [4.78, 5) is 9.20. The Morgan fingerprint density at radius 2 is 2.26 bits per heavy atom. The molecule has 1 fully saturated rings. The van der Waals surface area contributed by atoms with Crippen LogP contribution in [0.25, 0.3) is 11.2 Å². The molecule has 0 bridgehead atoms. The quantitative estimate of drug-likeness (QED) is 0.786. The van der Waals surface area contributed by atoms with Crippen LogP contribution < -0.4 is 0 Å². The van der Waals surface area contributed by atoms with Crippen molar-refractivity contribution in [2.45, 2.75) is 33.2 Å². The summed E-state index contributed by atoms with van der Waals surface area (Å²) in [5.74, 6) is 2.38. The molecule has 0 radical (unpaired) electrons. The molecule has 0 amide bonds. The highest BCUT2D eigenvalue weighted by Gasteiger charge is 2.45. The van der Waals surface area contributed by atoms with E-state index in [1.807, 2.05) is 12.3 Å². The molecule has 3 rings (SSSR count). The van der Waals surface area contributed by atoms with Gasteiger partial charge in [-0.15, -0.1) is 11.6 Å². The van der Waals surface area contributed by atoms with E-state index in [0.717, 1.165) is 40.3 Å². The second kappa shape index (κ2) is 4.74. The maximum absolute atomic E-state index is 5.89. The van der Waals surface area contributed by atoms with Gasteiger partial charge in [-0.3, -0.25) is 0 Å². The molecule has 1 unspecified atom stereocenters. The van der Waals surface area contributed by atoms with Crippen molar-refractivity contribution in [3.63, 3.8) is 0 Å². The van der Waals surface area contributed by atoms with E-state index in [-0.39, 0.29) is 0 Å². The van der Waals surface area contributed by atoms with Crippen molar-refractivity contribution in [3.05, 3.63) is 22.6 Å². The van der Waals surface area contributed by atoms with Crippen molar-refractivity contribution in [3.8, 4) is 0 Å². The van der Waals surface area contributed by atoms with Gasteiger partial charge in [-0.05, 0) is 39.8 Å². The third-order valence-electron chi connectivity index (χ3n) is 4.07.